The Hall–Kier alpha value is -1.56. The first-order chi connectivity index (χ1) is 10.0. The van der Waals surface area contributed by atoms with Gasteiger partial charge in [0.25, 0.3) is 0 Å². The van der Waals surface area contributed by atoms with Crippen LogP contribution in [-0.2, 0) is 4.79 Å². The molecule has 1 N–H and O–H groups in total. The molecule has 1 aromatic carbocycles. The molecular formula is C16H21F3N2O. The number of nitrogens with zero attached hydrogens (tertiary/aromatic N) is 1. The summed E-state index contributed by atoms with van der Waals surface area (Å²) in [5.41, 5.74) is 2.46. The van der Waals surface area contributed by atoms with Crippen molar-refractivity contribution in [3.63, 3.8) is 0 Å². The van der Waals surface area contributed by atoms with E-state index < -0.39 is 17.8 Å². The topological polar surface area (TPSA) is 32.3 Å². The second-order valence-corrected chi connectivity index (χ2v) is 6.66. The molecule has 122 valence electrons. The summed E-state index contributed by atoms with van der Waals surface area (Å²) < 4.78 is 41.0. The quantitative estimate of drug-likeness (QED) is 0.917. The standard InChI is InChI=1S/C16H21F3N2O/c1-10(2)11-6-5-7-12(8-11)14(16(17,18)19)21-15(3,4)9-13(22)20-21/h5-8,10,14H,9H2,1-4H3,(H,20,22). The van der Waals surface area contributed by atoms with Gasteiger partial charge in [-0.15, -0.1) is 0 Å². The zero-order valence-electron chi connectivity index (χ0n) is 13.2. The second-order valence-electron chi connectivity index (χ2n) is 6.66. The van der Waals surface area contributed by atoms with Crippen molar-refractivity contribution in [2.24, 2.45) is 0 Å². The highest BCUT2D eigenvalue weighted by molar-refractivity contribution is 5.79. The van der Waals surface area contributed by atoms with Gasteiger partial charge < -0.3 is 0 Å². The largest absolute Gasteiger partial charge is 0.409 e. The van der Waals surface area contributed by atoms with Crippen LogP contribution in [0.4, 0.5) is 13.2 Å². The lowest BCUT2D eigenvalue weighted by atomic mass is 9.94. The van der Waals surface area contributed by atoms with Crippen molar-refractivity contribution >= 4 is 5.91 Å². The molecule has 1 saturated heterocycles. The number of hydrazine groups is 1. The number of hydrogen-bond acceptors (Lipinski definition) is 2. The van der Waals surface area contributed by atoms with Crippen LogP contribution < -0.4 is 5.43 Å². The molecule has 1 fully saturated rings. The van der Waals surface area contributed by atoms with Gasteiger partial charge in [-0.2, -0.15) is 18.2 Å². The monoisotopic (exact) mass is 314 g/mol. The molecule has 3 nitrogen and oxygen atoms in total. The van der Waals surface area contributed by atoms with Crippen LogP contribution in [0.5, 0.6) is 0 Å². The van der Waals surface area contributed by atoms with Crippen molar-refractivity contribution < 1.29 is 18.0 Å². The number of halogens is 3. The fraction of sp³-hybridized carbons (Fsp3) is 0.562. The summed E-state index contributed by atoms with van der Waals surface area (Å²) in [6.45, 7) is 7.14. The molecule has 0 radical (unpaired) electrons. The number of hydrogen-bond donors (Lipinski definition) is 1. The van der Waals surface area contributed by atoms with Crippen molar-refractivity contribution in [1.29, 1.82) is 0 Å². The first-order valence-corrected chi connectivity index (χ1v) is 7.28. The molecule has 0 bridgehead atoms. The molecule has 1 aromatic rings. The molecule has 1 amide bonds. The van der Waals surface area contributed by atoms with E-state index in [1.165, 1.54) is 6.07 Å². The molecule has 1 atom stereocenters. The lowest BCUT2D eigenvalue weighted by Crippen LogP contribution is -2.51. The Labute approximate surface area is 128 Å². The SMILES string of the molecule is CC(C)c1cccc(C(N2NC(=O)CC2(C)C)C(F)(F)F)c1. The molecule has 1 aliphatic heterocycles. The van der Waals surface area contributed by atoms with Crippen molar-refractivity contribution in [3.05, 3.63) is 35.4 Å². The molecular weight excluding hydrogens is 293 g/mol. The third-order valence-corrected chi connectivity index (χ3v) is 3.95. The molecule has 1 heterocycles. The molecule has 0 saturated carbocycles. The van der Waals surface area contributed by atoms with E-state index in [1.807, 2.05) is 19.9 Å². The lowest BCUT2D eigenvalue weighted by Gasteiger charge is -2.38. The maximum absolute atomic E-state index is 13.7. The van der Waals surface area contributed by atoms with E-state index in [0.717, 1.165) is 10.6 Å². The van der Waals surface area contributed by atoms with Gasteiger partial charge in [0.05, 0.1) is 0 Å². The maximum atomic E-state index is 13.7. The van der Waals surface area contributed by atoms with E-state index >= 15 is 0 Å². The van der Waals surface area contributed by atoms with E-state index in [2.05, 4.69) is 5.43 Å². The zero-order chi connectivity index (χ0) is 16.7. The highest BCUT2D eigenvalue weighted by Crippen LogP contribution is 2.43. The van der Waals surface area contributed by atoms with Gasteiger partial charge >= 0.3 is 6.18 Å². The summed E-state index contributed by atoms with van der Waals surface area (Å²) >= 11 is 0. The number of benzene rings is 1. The molecule has 0 aliphatic carbocycles. The van der Waals surface area contributed by atoms with Crippen LogP contribution in [0.3, 0.4) is 0 Å². The summed E-state index contributed by atoms with van der Waals surface area (Å²) in [6, 6.07) is 4.63. The lowest BCUT2D eigenvalue weighted by molar-refractivity contribution is -0.203. The van der Waals surface area contributed by atoms with Crippen molar-refractivity contribution in [1.82, 2.24) is 10.4 Å². The fourth-order valence-corrected chi connectivity index (χ4v) is 2.79. The number of rotatable bonds is 3. The Balaban J connectivity index is 2.48. The van der Waals surface area contributed by atoms with Crippen LogP contribution in [0.2, 0.25) is 0 Å². The van der Waals surface area contributed by atoms with Crippen LogP contribution >= 0.6 is 0 Å². The minimum atomic E-state index is -4.48. The van der Waals surface area contributed by atoms with Crippen LogP contribution in [0.25, 0.3) is 0 Å². The molecule has 0 spiro atoms. The van der Waals surface area contributed by atoms with Gasteiger partial charge in [0.15, 0.2) is 6.04 Å². The first kappa shape index (κ1) is 16.8. The average Bonchev–Trinajstić information content (AvgIpc) is 2.61. The maximum Gasteiger partial charge on any atom is 0.409 e. The predicted molar refractivity (Wildman–Crippen MR) is 78.0 cm³/mol. The Bertz CT molecular complexity index is 567. The summed E-state index contributed by atoms with van der Waals surface area (Å²) in [4.78, 5) is 11.6. The average molecular weight is 314 g/mol. The van der Waals surface area contributed by atoms with Crippen molar-refractivity contribution in [3.8, 4) is 0 Å². The number of carbonyl (C=O) groups is 1. The van der Waals surface area contributed by atoms with Crippen LogP contribution in [0.1, 0.15) is 57.2 Å². The number of carbonyl (C=O) groups excluding carboxylic acids is 1. The zero-order valence-corrected chi connectivity index (χ0v) is 13.2. The second kappa shape index (κ2) is 5.57. The van der Waals surface area contributed by atoms with Crippen LogP contribution in [0, 0.1) is 0 Å². The van der Waals surface area contributed by atoms with E-state index in [-0.39, 0.29) is 23.8 Å². The Kier molecular flexibility index (Phi) is 4.26. The van der Waals surface area contributed by atoms with Gasteiger partial charge in [0.1, 0.15) is 0 Å². The highest BCUT2D eigenvalue weighted by atomic mass is 19.4. The molecule has 6 heteroatoms. The van der Waals surface area contributed by atoms with Gasteiger partial charge in [-0.05, 0) is 30.9 Å². The summed E-state index contributed by atoms with van der Waals surface area (Å²) in [7, 11) is 0. The highest BCUT2D eigenvalue weighted by Gasteiger charge is 2.52. The number of alkyl halides is 3. The minimum Gasteiger partial charge on any atom is -0.287 e. The van der Waals surface area contributed by atoms with E-state index in [0.29, 0.717) is 0 Å². The van der Waals surface area contributed by atoms with Crippen LogP contribution in [0.15, 0.2) is 24.3 Å². The molecule has 2 rings (SSSR count). The third kappa shape index (κ3) is 3.27. The van der Waals surface area contributed by atoms with Crippen molar-refractivity contribution in [2.75, 3.05) is 0 Å². The van der Waals surface area contributed by atoms with Crippen LogP contribution in [-0.4, -0.2) is 22.6 Å². The first-order valence-electron chi connectivity index (χ1n) is 7.28. The normalized spacial score (nSPS) is 20.3. The van der Waals surface area contributed by atoms with Gasteiger partial charge in [-0.3, -0.25) is 10.2 Å². The third-order valence-electron chi connectivity index (χ3n) is 3.95. The predicted octanol–water partition coefficient (Wildman–Crippen LogP) is 3.93. The smallest absolute Gasteiger partial charge is 0.287 e. The molecule has 0 aromatic heterocycles. The number of nitrogens with one attached hydrogen (secondary N) is 1. The Morgan fingerprint density at radius 2 is 1.82 bits per heavy atom. The minimum absolute atomic E-state index is 0.0451. The van der Waals surface area contributed by atoms with E-state index in [4.69, 9.17) is 0 Å². The number of amides is 1. The Morgan fingerprint density at radius 1 is 1.23 bits per heavy atom. The van der Waals surface area contributed by atoms with E-state index in [1.54, 1.807) is 26.0 Å². The van der Waals surface area contributed by atoms with Gasteiger partial charge in [-0.1, -0.05) is 38.1 Å². The molecule has 22 heavy (non-hydrogen) atoms. The summed E-state index contributed by atoms with van der Waals surface area (Å²) in [5, 5.41) is 1.04. The molecule has 1 aliphatic rings. The summed E-state index contributed by atoms with van der Waals surface area (Å²) in [6.07, 6.45) is -4.44. The van der Waals surface area contributed by atoms with Crippen molar-refractivity contribution in [2.45, 2.75) is 57.8 Å². The van der Waals surface area contributed by atoms with Gasteiger partial charge in [0, 0.05) is 12.0 Å². The summed E-state index contributed by atoms with van der Waals surface area (Å²) in [5.74, 6) is -0.255. The van der Waals surface area contributed by atoms with Gasteiger partial charge in [-0.25, -0.2) is 0 Å². The fourth-order valence-electron chi connectivity index (χ4n) is 2.79. The molecule has 1 unspecified atom stereocenters. The van der Waals surface area contributed by atoms with E-state index in [9.17, 15) is 18.0 Å². The van der Waals surface area contributed by atoms with Gasteiger partial charge in [0.2, 0.25) is 5.91 Å². The Morgan fingerprint density at radius 3 is 2.27 bits per heavy atom.